The van der Waals surface area contributed by atoms with Crippen LogP contribution >= 0.6 is 0 Å². The molecule has 2 rings (SSSR count). The summed E-state index contributed by atoms with van der Waals surface area (Å²) >= 11 is 0. The molecule has 2 heterocycles. The van der Waals surface area contributed by atoms with E-state index < -0.39 is 17.2 Å². The van der Waals surface area contributed by atoms with Gasteiger partial charge in [-0.25, -0.2) is 14.5 Å². The summed E-state index contributed by atoms with van der Waals surface area (Å²) in [6.45, 7) is 15.7. The molecule has 0 saturated carbocycles. The highest BCUT2D eigenvalue weighted by Gasteiger charge is 2.31. The van der Waals surface area contributed by atoms with Gasteiger partial charge in [0.2, 0.25) is 0 Å². The highest BCUT2D eigenvalue weighted by atomic mass is 16.6. The molecule has 9 heteroatoms. The topological polar surface area (TPSA) is 105 Å². The van der Waals surface area contributed by atoms with E-state index in [9.17, 15) is 4.79 Å². The third-order valence-electron chi connectivity index (χ3n) is 5.31. The number of carbonyl (C=O) groups is 1. The largest absolute Gasteiger partial charge is 0.444 e. The van der Waals surface area contributed by atoms with Crippen LogP contribution < -0.4 is 16.0 Å². The summed E-state index contributed by atoms with van der Waals surface area (Å²) in [5, 5.41) is 14.4. The molecule has 30 heavy (non-hydrogen) atoms. The first-order valence-corrected chi connectivity index (χ1v) is 11.1. The number of guanidine groups is 1. The average Bonchev–Trinajstić information content (AvgIpc) is 3.03. The number of nitrogens with zero attached hydrogens (tertiary/aromatic N) is 4. The van der Waals surface area contributed by atoms with Gasteiger partial charge in [0.15, 0.2) is 5.96 Å². The number of hydrogen-bond acceptors (Lipinski definition) is 5. The molecular formula is C21H39N7O2. The molecule has 3 N–H and O–H groups in total. The third kappa shape index (κ3) is 6.88. The van der Waals surface area contributed by atoms with Gasteiger partial charge in [0.1, 0.15) is 17.2 Å². The Labute approximate surface area is 180 Å². The molecule has 170 valence electrons. The molecule has 1 amide bonds. The van der Waals surface area contributed by atoms with Gasteiger partial charge in [-0.15, -0.1) is 0 Å². The summed E-state index contributed by atoms with van der Waals surface area (Å²) in [5.41, 5.74) is -0.982. The Hall–Kier alpha value is -2.32. The zero-order chi connectivity index (χ0) is 22.4. The average molecular weight is 422 g/mol. The fraction of sp³-hybridized carbons (Fsp3) is 0.810. The molecule has 0 saturated heterocycles. The maximum absolute atomic E-state index is 12.4. The number of alkyl carbamates (subject to hydrolysis) is 1. The maximum atomic E-state index is 12.4. The van der Waals surface area contributed by atoms with E-state index in [4.69, 9.17) is 9.73 Å². The molecule has 1 aliphatic heterocycles. The minimum atomic E-state index is -0.531. The van der Waals surface area contributed by atoms with E-state index in [1.165, 1.54) is 0 Å². The van der Waals surface area contributed by atoms with Crippen LogP contribution in [0.15, 0.2) is 4.99 Å². The number of ether oxygens (including phenoxy) is 1. The van der Waals surface area contributed by atoms with Crippen molar-refractivity contribution in [1.82, 2.24) is 30.7 Å². The lowest BCUT2D eigenvalue weighted by molar-refractivity contribution is 0.0452. The fourth-order valence-electron chi connectivity index (χ4n) is 3.51. The zero-order valence-corrected chi connectivity index (χ0v) is 19.6. The number of nitrogens with one attached hydrogen (secondary N) is 3. The smallest absolute Gasteiger partial charge is 0.408 e. The molecule has 0 bridgehead atoms. The quantitative estimate of drug-likeness (QED) is 0.462. The molecule has 0 fully saturated rings. The SMILES string of the molecule is CCNC(=NCC(CC)(CC)NC(=O)OC(C)(C)C)NC1CCc2nc(C)nn2C1. The van der Waals surface area contributed by atoms with E-state index in [0.717, 1.165) is 56.4 Å². The van der Waals surface area contributed by atoms with Gasteiger partial charge in [0.05, 0.1) is 18.6 Å². The van der Waals surface area contributed by atoms with Gasteiger partial charge >= 0.3 is 6.09 Å². The van der Waals surface area contributed by atoms with E-state index in [-0.39, 0.29) is 6.04 Å². The van der Waals surface area contributed by atoms with Crippen LogP contribution in [0.4, 0.5) is 4.79 Å². The van der Waals surface area contributed by atoms with Crippen LogP contribution in [0.5, 0.6) is 0 Å². The van der Waals surface area contributed by atoms with Gasteiger partial charge in [0.25, 0.3) is 0 Å². The lowest BCUT2D eigenvalue weighted by Crippen LogP contribution is -2.53. The van der Waals surface area contributed by atoms with Crippen molar-refractivity contribution in [2.24, 2.45) is 4.99 Å². The van der Waals surface area contributed by atoms with E-state index in [1.54, 1.807) is 0 Å². The summed E-state index contributed by atoms with van der Waals surface area (Å²) in [5.74, 6) is 2.61. The minimum Gasteiger partial charge on any atom is -0.444 e. The molecule has 1 aliphatic rings. The first kappa shape index (κ1) is 24.0. The Morgan fingerprint density at radius 1 is 1.27 bits per heavy atom. The van der Waals surface area contributed by atoms with Crippen molar-refractivity contribution in [3.05, 3.63) is 11.6 Å². The van der Waals surface area contributed by atoms with Gasteiger partial charge in [-0.2, -0.15) is 5.10 Å². The molecule has 0 spiro atoms. The predicted molar refractivity (Wildman–Crippen MR) is 119 cm³/mol. The molecule has 1 unspecified atom stereocenters. The molecule has 0 radical (unpaired) electrons. The number of carbonyl (C=O) groups excluding carboxylic acids is 1. The van der Waals surface area contributed by atoms with E-state index >= 15 is 0 Å². The van der Waals surface area contributed by atoms with Crippen molar-refractivity contribution < 1.29 is 9.53 Å². The first-order chi connectivity index (χ1) is 14.1. The van der Waals surface area contributed by atoms with Crippen LogP contribution in [0, 0.1) is 6.92 Å². The highest BCUT2D eigenvalue weighted by Crippen LogP contribution is 2.18. The number of rotatable bonds is 7. The summed E-state index contributed by atoms with van der Waals surface area (Å²) in [6.07, 6.45) is 2.99. The maximum Gasteiger partial charge on any atom is 0.408 e. The van der Waals surface area contributed by atoms with Crippen molar-refractivity contribution in [1.29, 1.82) is 0 Å². The van der Waals surface area contributed by atoms with Gasteiger partial charge in [0, 0.05) is 19.0 Å². The third-order valence-corrected chi connectivity index (χ3v) is 5.31. The highest BCUT2D eigenvalue weighted by molar-refractivity contribution is 5.80. The Morgan fingerprint density at radius 3 is 2.57 bits per heavy atom. The predicted octanol–water partition coefficient (Wildman–Crippen LogP) is 2.54. The summed E-state index contributed by atoms with van der Waals surface area (Å²) in [4.78, 5) is 21.7. The van der Waals surface area contributed by atoms with Gasteiger partial charge in [-0.1, -0.05) is 13.8 Å². The lowest BCUT2D eigenvalue weighted by atomic mass is 9.93. The van der Waals surface area contributed by atoms with Crippen LogP contribution in [0.2, 0.25) is 0 Å². The van der Waals surface area contributed by atoms with E-state index in [0.29, 0.717) is 6.54 Å². The van der Waals surface area contributed by atoms with Crippen LogP contribution in [-0.2, 0) is 17.7 Å². The van der Waals surface area contributed by atoms with Crippen molar-refractivity contribution in [3.8, 4) is 0 Å². The monoisotopic (exact) mass is 421 g/mol. The molecule has 1 atom stereocenters. The van der Waals surface area contributed by atoms with Crippen molar-refractivity contribution in [2.75, 3.05) is 13.1 Å². The van der Waals surface area contributed by atoms with Gasteiger partial charge in [-0.05, 0) is 53.9 Å². The summed E-state index contributed by atoms with van der Waals surface area (Å²) in [6, 6.07) is 0.230. The summed E-state index contributed by atoms with van der Waals surface area (Å²) < 4.78 is 7.44. The minimum absolute atomic E-state index is 0.230. The van der Waals surface area contributed by atoms with Gasteiger partial charge in [-0.3, -0.25) is 4.99 Å². The zero-order valence-electron chi connectivity index (χ0n) is 19.6. The number of aliphatic imine (C=N–C) groups is 1. The first-order valence-electron chi connectivity index (χ1n) is 11.1. The number of amides is 1. The van der Waals surface area contributed by atoms with Gasteiger partial charge < -0.3 is 20.7 Å². The number of aryl methyl sites for hydroxylation is 2. The standard InChI is InChI=1S/C21H39N7O2/c1-8-21(9-2,26-19(29)30-20(5,6)7)14-23-18(22-10-3)25-16-11-12-17-24-15(4)27-28(17)13-16/h16H,8-14H2,1-7H3,(H,26,29)(H2,22,23,25). The van der Waals surface area contributed by atoms with Crippen LogP contribution in [0.25, 0.3) is 0 Å². The number of hydrogen-bond donors (Lipinski definition) is 3. The Kier molecular flexibility index (Phi) is 8.09. The lowest BCUT2D eigenvalue weighted by Gasteiger charge is -2.33. The second-order valence-corrected chi connectivity index (χ2v) is 8.95. The molecule has 9 nitrogen and oxygen atoms in total. The van der Waals surface area contributed by atoms with Crippen LogP contribution in [0.3, 0.4) is 0 Å². The van der Waals surface area contributed by atoms with Crippen molar-refractivity contribution >= 4 is 12.1 Å². The fourth-order valence-corrected chi connectivity index (χ4v) is 3.51. The molecule has 1 aromatic rings. The Morgan fingerprint density at radius 2 is 1.97 bits per heavy atom. The second kappa shape index (κ2) is 10.1. The van der Waals surface area contributed by atoms with Crippen molar-refractivity contribution in [3.63, 3.8) is 0 Å². The summed E-state index contributed by atoms with van der Waals surface area (Å²) in [7, 11) is 0. The Bertz CT molecular complexity index is 732. The normalized spacial score (nSPS) is 17.3. The number of aromatic nitrogens is 3. The van der Waals surface area contributed by atoms with Crippen molar-refractivity contribution in [2.45, 2.75) is 97.9 Å². The van der Waals surface area contributed by atoms with E-state index in [1.807, 2.05) is 39.3 Å². The second-order valence-electron chi connectivity index (χ2n) is 8.95. The van der Waals surface area contributed by atoms with E-state index in [2.05, 4.69) is 39.9 Å². The molecule has 0 aromatic carbocycles. The molecule has 0 aliphatic carbocycles. The molecule has 1 aromatic heterocycles. The number of fused-ring (bicyclic) bond motifs is 1. The van der Waals surface area contributed by atoms with Crippen LogP contribution in [-0.4, -0.2) is 57.1 Å². The molecular weight excluding hydrogens is 382 g/mol. The van der Waals surface area contributed by atoms with Crippen LogP contribution in [0.1, 0.15) is 72.5 Å². The Balaban J connectivity index is 2.05.